The summed E-state index contributed by atoms with van der Waals surface area (Å²) in [6, 6.07) is 2.79. The van der Waals surface area contributed by atoms with E-state index < -0.39 is 5.54 Å². The summed E-state index contributed by atoms with van der Waals surface area (Å²) < 4.78 is 5.08. The van der Waals surface area contributed by atoms with Gasteiger partial charge in [0.05, 0.1) is 12.7 Å². The lowest BCUT2D eigenvalue weighted by Crippen LogP contribution is -2.43. The number of nitrogens with one attached hydrogen (secondary N) is 1. The minimum atomic E-state index is -0.430. The maximum absolute atomic E-state index is 9.06. The molecule has 16 heavy (non-hydrogen) atoms. The van der Waals surface area contributed by atoms with Gasteiger partial charge < -0.3 is 10.1 Å². The van der Waals surface area contributed by atoms with Crippen LogP contribution in [0, 0.1) is 11.3 Å². The van der Waals surface area contributed by atoms with Gasteiger partial charge in [0.1, 0.15) is 5.54 Å². The summed E-state index contributed by atoms with van der Waals surface area (Å²) in [5.41, 5.74) is -0.430. The maximum atomic E-state index is 9.06. The highest BCUT2D eigenvalue weighted by molar-refractivity contribution is 5.03. The van der Waals surface area contributed by atoms with Crippen molar-refractivity contribution in [2.75, 3.05) is 33.9 Å². The van der Waals surface area contributed by atoms with Crippen molar-refractivity contribution in [2.45, 2.75) is 38.8 Å². The van der Waals surface area contributed by atoms with Gasteiger partial charge in [0.2, 0.25) is 0 Å². The van der Waals surface area contributed by atoms with Gasteiger partial charge in [0, 0.05) is 26.2 Å². The van der Waals surface area contributed by atoms with Crippen LogP contribution in [-0.4, -0.2) is 50.3 Å². The van der Waals surface area contributed by atoms with Crippen LogP contribution in [0.15, 0.2) is 0 Å². The van der Waals surface area contributed by atoms with E-state index in [0.717, 1.165) is 26.1 Å². The van der Waals surface area contributed by atoms with Gasteiger partial charge in [0.15, 0.2) is 0 Å². The van der Waals surface area contributed by atoms with E-state index in [2.05, 4.69) is 30.1 Å². The first-order valence-corrected chi connectivity index (χ1v) is 5.82. The number of hydrogen-bond donors (Lipinski definition) is 1. The Kier molecular flexibility index (Phi) is 7.31. The average Bonchev–Trinajstić information content (AvgIpc) is 2.28. The molecule has 0 fully saturated rings. The first kappa shape index (κ1) is 15.4. The number of hydrogen-bond acceptors (Lipinski definition) is 4. The topological polar surface area (TPSA) is 48.3 Å². The maximum Gasteiger partial charge on any atom is 0.104 e. The number of rotatable bonds is 8. The normalized spacial score (nSPS) is 15.1. The Morgan fingerprint density at radius 1 is 1.44 bits per heavy atom. The van der Waals surface area contributed by atoms with Gasteiger partial charge in [-0.05, 0) is 34.2 Å². The van der Waals surface area contributed by atoms with Gasteiger partial charge >= 0.3 is 0 Å². The van der Waals surface area contributed by atoms with Gasteiger partial charge in [-0.1, -0.05) is 0 Å². The molecule has 1 atom stereocenters. The minimum absolute atomic E-state index is 0.430. The van der Waals surface area contributed by atoms with Crippen molar-refractivity contribution in [3.8, 4) is 6.07 Å². The predicted molar refractivity (Wildman–Crippen MR) is 66.3 cm³/mol. The second-order valence-electron chi connectivity index (χ2n) is 4.57. The second-order valence-corrected chi connectivity index (χ2v) is 4.57. The lowest BCUT2D eigenvalue weighted by molar-refractivity contribution is 0.124. The quantitative estimate of drug-likeness (QED) is 0.677. The molecule has 0 rings (SSSR count). The molecule has 0 heterocycles. The number of nitrogens with zero attached hydrogens (tertiary/aromatic N) is 2. The van der Waals surface area contributed by atoms with Gasteiger partial charge in [-0.15, -0.1) is 0 Å². The molecule has 0 bridgehead atoms. The largest absolute Gasteiger partial charge is 0.383 e. The first-order valence-electron chi connectivity index (χ1n) is 5.82. The van der Waals surface area contributed by atoms with Gasteiger partial charge in [0.25, 0.3) is 0 Å². The van der Waals surface area contributed by atoms with Crippen LogP contribution in [0.5, 0.6) is 0 Å². The molecule has 0 amide bonds. The number of methoxy groups -OCH3 is 1. The molecule has 0 aromatic carbocycles. The van der Waals surface area contributed by atoms with Crippen LogP contribution in [0.2, 0.25) is 0 Å². The van der Waals surface area contributed by atoms with E-state index in [1.807, 2.05) is 14.0 Å². The van der Waals surface area contributed by atoms with Crippen LogP contribution in [0.1, 0.15) is 27.2 Å². The summed E-state index contributed by atoms with van der Waals surface area (Å²) in [7, 11) is 3.55. The SMILES string of the molecule is CNC(C)(C#N)CCN(CCOC)C(C)C. The van der Waals surface area contributed by atoms with Crippen LogP contribution < -0.4 is 5.32 Å². The molecular weight excluding hydrogens is 202 g/mol. The van der Waals surface area contributed by atoms with Crippen molar-refractivity contribution in [2.24, 2.45) is 0 Å². The van der Waals surface area contributed by atoms with E-state index in [1.165, 1.54) is 0 Å². The van der Waals surface area contributed by atoms with Crippen molar-refractivity contribution >= 4 is 0 Å². The van der Waals surface area contributed by atoms with Crippen molar-refractivity contribution in [3.63, 3.8) is 0 Å². The third-order valence-electron chi connectivity index (χ3n) is 3.01. The third-order valence-corrected chi connectivity index (χ3v) is 3.01. The van der Waals surface area contributed by atoms with Crippen molar-refractivity contribution in [3.05, 3.63) is 0 Å². The Morgan fingerprint density at radius 2 is 2.06 bits per heavy atom. The van der Waals surface area contributed by atoms with Crippen molar-refractivity contribution in [1.29, 1.82) is 5.26 Å². The van der Waals surface area contributed by atoms with Crippen molar-refractivity contribution in [1.82, 2.24) is 10.2 Å². The molecule has 0 aromatic heterocycles. The Morgan fingerprint density at radius 3 is 2.44 bits per heavy atom. The average molecular weight is 227 g/mol. The summed E-state index contributed by atoms with van der Waals surface area (Å²) >= 11 is 0. The zero-order valence-electron chi connectivity index (χ0n) is 11.2. The fourth-order valence-corrected chi connectivity index (χ4v) is 1.44. The van der Waals surface area contributed by atoms with E-state index in [1.54, 1.807) is 7.11 Å². The van der Waals surface area contributed by atoms with E-state index in [4.69, 9.17) is 10.00 Å². The zero-order valence-corrected chi connectivity index (χ0v) is 11.2. The minimum Gasteiger partial charge on any atom is -0.383 e. The van der Waals surface area contributed by atoms with Gasteiger partial charge in [-0.3, -0.25) is 4.90 Å². The molecule has 94 valence electrons. The first-order chi connectivity index (χ1) is 7.49. The summed E-state index contributed by atoms with van der Waals surface area (Å²) in [5, 5.41) is 12.1. The summed E-state index contributed by atoms with van der Waals surface area (Å²) in [5.74, 6) is 0. The molecule has 1 N–H and O–H groups in total. The fraction of sp³-hybridized carbons (Fsp3) is 0.917. The highest BCUT2D eigenvalue weighted by Crippen LogP contribution is 2.10. The Balaban J connectivity index is 4.16. The van der Waals surface area contributed by atoms with Gasteiger partial charge in [-0.25, -0.2) is 0 Å². The molecule has 0 aliphatic carbocycles. The zero-order chi connectivity index (χ0) is 12.6. The predicted octanol–water partition coefficient (Wildman–Crippen LogP) is 1.23. The number of nitriles is 1. The van der Waals surface area contributed by atoms with E-state index in [9.17, 15) is 0 Å². The lowest BCUT2D eigenvalue weighted by atomic mass is 10.00. The molecule has 4 nitrogen and oxygen atoms in total. The Bertz CT molecular complexity index is 225. The standard InChI is InChI=1S/C12H25N3O/c1-11(2)15(8-9-16-5)7-6-12(3,10-13)14-4/h11,14H,6-9H2,1-5H3. The monoisotopic (exact) mass is 227 g/mol. The molecule has 0 aliphatic heterocycles. The van der Waals surface area contributed by atoms with Crippen LogP contribution >= 0.6 is 0 Å². The molecule has 1 unspecified atom stereocenters. The third kappa shape index (κ3) is 5.45. The van der Waals surface area contributed by atoms with E-state index in [0.29, 0.717) is 6.04 Å². The van der Waals surface area contributed by atoms with Crippen LogP contribution in [0.3, 0.4) is 0 Å². The van der Waals surface area contributed by atoms with Crippen LogP contribution in [0.4, 0.5) is 0 Å². The molecule has 0 saturated carbocycles. The fourth-order valence-electron chi connectivity index (χ4n) is 1.44. The molecule has 0 aromatic rings. The molecule has 0 aliphatic rings. The van der Waals surface area contributed by atoms with Crippen LogP contribution in [0.25, 0.3) is 0 Å². The van der Waals surface area contributed by atoms with Crippen molar-refractivity contribution < 1.29 is 4.74 Å². The Hall–Kier alpha value is -0.630. The molecule has 0 spiro atoms. The second kappa shape index (κ2) is 7.61. The highest BCUT2D eigenvalue weighted by Gasteiger charge is 2.22. The van der Waals surface area contributed by atoms with E-state index >= 15 is 0 Å². The highest BCUT2D eigenvalue weighted by atomic mass is 16.5. The van der Waals surface area contributed by atoms with E-state index in [-0.39, 0.29) is 0 Å². The number of ether oxygens (including phenoxy) is 1. The summed E-state index contributed by atoms with van der Waals surface area (Å²) in [6.45, 7) is 8.83. The molecule has 0 radical (unpaired) electrons. The molecule has 0 saturated heterocycles. The molecular formula is C12H25N3O. The smallest absolute Gasteiger partial charge is 0.104 e. The lowest BCUT2D eigenvalue weighted by Gasteiger charge is -2.29. The molecule has 4 heteroatoms. The van der Waals surface area contributed by atoms with Crippen LogP contribution in [-0.2, 0) is 4.74 Å². The summed E-state index contributed by atoms with van der Waals surface area (Å²) in [4.78, 5) is 2.33. The van der Waals surface area contributed by atoms with Gasteiger partial charge in [-0.2, -0.15) is 5.26 Å². The summed E-state index contributed by atoms with van der Waals surface area (Å²) in [6.07, 6.45) is 0.821. The Labute approximate surface area is 99.6 Å².